The number of hydrogen-bond donors (Lipinski definition) is 1. The second-order valence-electron chi connectivity index (χ2n) is 5.53. The second kappa shape index (κ2) is 6.05. The Hall–Kier alpha value is -3.33. The normalized spacial score (nSPS) is 10.7. The summed E-state index contributed by atoms with van der Waals surface area (Å²) in [5.74, 6) is 0.228. The molecule has 0 unspecified atom stereocenters. The quantitative estimate of drug-likeness (QED) is 0.583. The molecule has 0 spiro atoms. The Balaban J connectivity index is 2.00. The number of hydrogen-bond acceptors (Lipinski definition) is 2. The SMILES string of the molecule is Oc1ccccc1-n1cnc(-c2ccccc2)c1-c1ccccc1. The minimum atomic E-state index is 0.228. The van der Waals surface area contributed by atoms with Crippen LogP contribution < -0.4 is 0 Å². The number of rotatable bonds is 3. The largest absolute Gasteiger partial charge is 0.506 e. The van der Waals surface area contributed by atoms with Crippen LogP contribution in [-0.4, -0.2) is 14.7 Å². The average molecular weight is 312 g/mol. The third kappa shape index (κ3) is 2.46. The van der Waals surface area contributed by atoms with E-state index in [-0.39, 0.29) is 5.75 Å². The first-order valence-electron chi connectivity index (χ1n) is 7.81. The summed E-state index contributed by atoms with van der Waals surface area (Å²) >= 11 is 0. The molecule has 0 bridgehead atoms. The second-order valence-corrected chi connectivity index (χ2v) is 5.53. The molecule has 0 saturated carbocycles. The fourth-order valence-electron chi connectivity index (χ4n) is 2.88. The van der Waals surface area contributed by atoms with Crippen molar-refractivity contribution in [1.82, 2.24) is 9.55 Å². The molecule has 0 saturated heterocycles. The first kappa shape index (κ1) is 14.3. The van der Waals surface area contributed by atoms with E-state index in [1.807, 2.05) is 71.3 Å². The number of benzene rings is 3. The Labute approximate surface area is 140 Å². The number of aromatic nitrogens is 2. The van der Waals surface area contributed by atoms with E-state index < -0.39 is 0 Å². The number of imidazole rings is 1. The van der Waals surface area contributed by atoms with Gasteiger partial charge in [0.05, 0.1) is 17.1 Å². The maximum atomic E-state index is 10.3. The Morgan fingerprint density at radius 3 is 1.92 bits per heavy atom. The Morgan fingerprint density at radius 2 is 1.25 bits per heavy atom. The van der Waals surface area contributed by atoms with Crippen LogP contribution in [-0.2, 0) is 0 Å². The number of nitrogens with zero attached hydrogens (tertiary/aromatic N) is 2. The van der Waals surface area contributed by atoms with E-state index in [4.69, 9.17) is 0 Å². The smallest absolute Gasteiger partial charge is 0.139 e. The standard InChI is InChI=1S/C21H16N2O/c24-19-14-8-7-13-18(19)23-15-22-20(16-9-3-1-4-10-16)21(23)17-11-5-2-6-12-17/h1-15,24H. The molecule has 4 rings (SSSR count). The van der Waals surface area contributed by atoms with Crippen LogP contribution >= 0.6 is 0 Å². The van der Waals surface area contributed by atoms with Gasteiger partial charge in [0.1, 0.15) is 12.1 Å². The van der Waals surface area contributed by atoms with Crippen molar-refractivity contribution in [3.05, 3.63) is 91.3 Å². The Bertz CT molecular complexity index is 960. The van der Waals surface area contributed by atoms with Crippen molar-refractivity contribution in [2.24, 2.45) is 0 Å². The van der Waals surface area contributed by atoms with Crippen molar-refractivity contribution in [3.63, 3.8) is 0 Å². The van der Waals surface area contributed by atoms with Crippen LogP contribution in [0, 0.1) is 0 Å². The van der Waals surface area contributed by atoms with Crippen LogP contribution in [0.1, 0.15) is 0 Å². The maximum Gasteiger partial charge on any atom is 0.139 e. The molecule has 0 aliphatic heterocycles. The van der Waals surface area contributed by atoms with Gasteiger partial charge in [-0.15, -0.1) is 0 Å². The van der Waals surface area contributed by atoms with Crippen molar-refractivity contribution < 1.29 is 5.11 Å². The Morgan fingerprint density at radius 1 is 0.667 bits per heavy atom. The Kier molecular flexibility index (Phi) is 3.60. The van der Waals surface area contributed by atoms with E-state index in [1.54, 1.807) is 12.4 Å². The molecule has 0 aliphatic carbocycles. The molecule has 0 atom stereocenters. The highest BCUT2D eigenvalue weighted by Crippen LogP contribution is 2.35. The molecule has 0 fully saturated rings. The van der Waals surface area contributed by atoms with Crippen molar-refractivity contribution >= 4 is 0 Å². The van der Waals surface area contributed by atoms with Crippen LogP contribution in [0.5, 0.6) is 5.75 Å². The number of aromatic hydroxyl groups is 1. The van der Waals surface area contributed by atoms with Gasteiger partial charge in [-0.3, -0.25) is 4.57 Å². The molecule has 0 amide bonds. The summed E-state index contributed by atoms with van der Waals surface area (Å²) < 4.78 is 1.94. The summed E-state index contributed by atoms with van der Waals surface area (Å²) in [6.45, 7) is 0. The summed E-state index contributed by atoms with van der Waals surface area (Å²) in [5, 5.41) is 10.3. The third-order valence-corrected chi connectivity index (χ3v) is 4.00. The highest BCUT2D eigenvalue weighted by molar-refractivity contribution is 5.80. The van der Waals surface area contributed by atoms with Crippen LogP contribution in [0.15, 0.2) is 91.3 Å². The van der Waals surface area contributed by atoms with E-state index >= 15 is 0 Å². The molecule has 3 nitrogen and oxygen atoms in total. The van der Waals surface area contributed by atoms with E-state index in [9.17, 15) is 5.11 Å². The van der Waals surface area contributed by atoms with Crippen molar-refractivity contribution in [1.29, 1.82) is 0 Å². The average Bonchev–Trinajstić information content (AvgIpc) is 3.08. The monoisotopic (exact) mass is 312 g/mol. The minimum Gasteiger partial charge on any atom is -0.506 e. The van der Waals surface area contributed by atoms with Gasteiger partial charge < -0.3 is 5.11 Å². The van der Waals surface area contributed by atoms with E-state index in [0.29, 0.717) is 5.69 Å². The van der Waals surface area contributed by atoms with Crippen LogP contribution in [0.25, 0.3) is 28.2 Å². The van der Waals surface area contributed by atoms with Gasteiger partial charge in [0.2, 0.25) is 0 Å². The molecule has 3 heteroatoms. The molecule has 4 aromatic rings. The van der Waals surface area contributed by atoms with Gasteiger partial charge in [0.25, 0.3) is 0 Å². The number of para-hydroxylation sites is 2. The fraction of sp³-hybridized carbons (Fsp3) is 0. The first-order chi connectivity index (χ1) is 11.8. The predicted octanol–water partition coefficient (Wildman–Crippen LogP) is 4.91. The van der Waals surface area contributed by atoms with Crippen molar-refractivity contribution in [3.8, 4) is 34.0 Å². The summed E-state index contributed by atoms with van der Waals surface area (Å²) in [6, 6.07) is 27.5. The van der Waals surface area contributed by atoms with E-state index in [0.717, 1.165) is 22.5 Å². The molecule has 1 N–H and O–H groups in total. The zero-order valence-electron chi connectivity index (χ0n) is 13.0. The van der Waals surface area contributed by atoms with Gasteiger partial charge in [-0.25, -0.2) is 4.98 Å². The van der Waals surface area contributed by atoms with Crippen LogP contribution in [0.4, 0.5) is 0 Å². The van der Waals surface area contributed by atoms with Gasteiger partial charge in [-0.1, -0.05) is 72.8 Å². The summed E-state index contributed by atoms with van der Waals surface area (Å²) in [4.78, 5) is 4.63. The van der Waals surface area contributed by atoms with Gasteiger partial charge in [0, 0.05) is 11.1 Å². The van der Waals surface area contributed by atoms with Gasteiger partial charge in [-0.2, -0.15) is 0 Å². The van der Waals surface area contributed by atoms with E-state index in [2.05, 4.69) is 17.1 Å². The molecule has 24 heavy (non-hydrogen) atoms. The summed E-state index contributed by atoms with van der Waals surface area (Å²) in [6.07, 6.45) is 1.76. The van der Waals surface area contributed by atoms with E-state index in [1.165, 1.54) is 0 Å². The van der Waals surface area contributed by atoms with Crippen molar-refractivity contribution in [2.45, 2.75) is 0 Å². The van der Waals surface area contributed by atoms with Gasteiger partial charge in [-0.05, 0) is 12.1 Å². The van der Waals surface area contributed by atoms with Crippen LogP contribution in [0.3, 0.4) is 0 Å². The van der Waals surface area contributed by atoms with Crippen LogP contribution in [0.2, 0.25) is 0 Å². The number of phenols is 1. The highest BCUT2D eigenvalue weighted by atomic mass is 16.3. The lowest BCUT2D eigenvalue weighted by Crippen LogP contribution is -1.96. The zero-order valence-corrected chi connectivity index (χ0v) is 13.0. The predicted molar refractivity (Wildman–Crippen MR) is 96.1 cm³/mol. The molecule has 3 aromatic carbocycles. The molecular formula is C21H16N2O. The first-order valence-corrected chi connectivity index (χ1v) is 7.81. The third-order valence-electron chi connectivity index (χ3n) is 4.00. The maximum absolute atomic E-state index is 10.3. The lowest BCUT2D eigenvalue weighted by molar-refractivity contribution is 0.472. The molecule has 0 aliphatic rings. The minimum absolute atomic E-state index is 0.228. The molecule has 0 radical (unpaired) electrons. The summed E-state index contributed by atoms with van der Waals surface area (Å²) in [5.41, 5.74) is 4.67. The molecule has 116 valence electrons. The lowest BCUT2D eigenvalue weighted by atomic mass is 10.0. The molecule has 1 aromatic heterocycles. The van der Waals surface area contributed by atoms with Gasteiger partial charge in [0.15, 0.2) is 0 Å². The topological polar surface area (TPSA) is 38.0 Å². The fourth-order valence-corrected chi connectivity index (χ4v) is 2.88. The van der Waals surface area contributed by atoms with Gasteiger partial charge >= 0.3 is 0 Å². The van der Waals surface area contributed by atoms with Crippen molar-refractivity contribution in [2.75, 3.05) is 0 Å². The number of phenolic OH excluding ortho intramolecular Hbond substituents is 1. The molecular weight excluding hydrogens is 296 g/mol. The zero-order chi connectivity index (χ0) is 16.4. The molecule has 1 heterocycles. The highest BCUT2D eigenvalue weighted by Gasteiger charge is 2.17. The summed E-state index contributed by atoms with van der Waals surface area (Å²) in [7, 11) is 0. The lowest BCUT2D eigenvalue weighted by Gasteiger charge is -2.12.